The minimum atomic E-state index is -0.470. The lowest BCUT2D eigenvalue weighted by atomic mass is 10.0. The van der Waals surface area contributed by atoms with Gasteiger partial charge in [0, 0.05) is 37.3 Å². The molecule has 156 valence electrons. The van der Waals surface area contributed by atoms with E-state index in [1.54, 1.807) is 11.0 Å². The number of hydrogen-bond donors (Lipinski definition) is 1. The molecule has 1 N–H and O–H groups in total. The Bertz CT molecular complexity index is 1010. The van der Waals surface area contributed by atoms with Gasteiger partial charge in [-0.05, 0) is 37.6 Å². The Morgan fingerprint density at radius 3 is 2.47 bits per heavy atom. The first kappa shape index (κ1) is 20.2. The van der Waals surface area contributed by atoms with Gasteiger partial charge in [-0.2, -0.15) is 0 Å². The normalized spacial score (nSPS) is 19.5. The summed E-state index contributed by atoms with van der Waals surface area (Å²) in [7, 11) is 0. The van der Waals surface area contributed by atoms with E-state index in [1.807, 2.05) is 55.1 Å². The highest BCUT2D eigenvalue weighted by molar-refractivity contribution is 6.36. The van der Waals surface area contributed by atoms with E-state index < -0.39 is 6.03 Å². The van der Waals surface area contributed by atoms with Crippen LogP contribution in [0.5, 0.6) is 0 Å². The molecule has 0 unspecified atom stereocenters. The van der Waals surface area contributed by atoms with Crippen molar-refractivity contribution >= 4 is 40.9 Å². The maximum Gasteiger partial charge on any atom is 0.328 e. The predicted molar refractivity (Wildman–Crippen MR) is 117 cm³/mol. The van der Waals surface area contributed by atoms with Crippen molar-refractivity contribution in [2.24, 2.45) is 0 Å². The number of rotatable bonds is 4. The number of benzene rings is 2. The number of urea groups is 2. The predicted octanol–water partition coefficient (Wildman–Crippen LogP) is 4.10. The Balaban J connectivity index is 1.62. The van der Waals surface area contributed by atoms with E-state index in [1.165, 1.54) is 4.90 Å². The maximum atomic E-state index is 12.6. The first-order valence-electron chi connectivity index (χ1n) is 9.99. The summed E-state index contributed by atoms with van der Waals surface area (Å²) < 4.78 is 0. The summed E-state index contributed by atoms with van der Waals surface area (Å²) in [5.41, 5.74) is 3.06. The highest BCUT2D eigenvalue weighted by Crippen LogP contribution is 2.37. The monoisotopic (exact) mass is 426 g/mol. The summed E-state index contributed by atoms with van der Waals surface area (Å²) in [5, 5.41) is 2.76. The van der Waals surface area contributed by atoms with Crippen molar-refractivity contribution in [3.63, 3.8) is 0 Å². The zero-order valence-electron chi connectivity index (χ0n) is 16.9. The van der Waals surface area contributed by atoms with Gasteiger partial charge in [0.1, 0.15) is 0 Å². The lowest BCUT2D eigenvalue weighted by molar-refractivity contribution is -0.120. The van der Waals surface area contributed by atoms with Crippen LogP contribution in [0.1, 0.15) is 20.3 Å². The topological polar surface area (TPSA) is 73.0 Å². The van der Waals surface area contributed by atoms with E-state index >= 15 is 0 Å². The molecule has 0 radical (unpaired) electrons. The summed E-state index contributed by atoms with van der Waals surface area (Å²) in [6, 6.07) is 12.8. The molecule has 0 saturated carbocycles. The van der Waals surface area contributed by atoms with Gasteiger partial charge in [0.25, 0.3) is 0 Å². The van der Waals surface area contributed by atoms with E-state index in [0.29, 0.717) is 23.8 Å². The minimum Gasteiger partial charge on any atom is -0.323 e. The number of anilines is 2. The van der Waals surface area contributed by atoms with Crippen LogP contribution in [0.4, 0.5) is 21.0 Å². The second kappa shape index (κ2) is 7.99. The molecule has 2 aromatic rings. The number of nitrogens with zero attached hydrogens (tertiary/aromatic N) is 3. The third kappa shape index (κ3) is 3.50. The molecule has 1 atom stereocenters. The number of amides is 5. The van der Waals surface area contributed by atoms with E-state index in [0.717, 1.165) is 16.8 Å². The van der Waals surface area contributed by atoms with E-state index in [9.17, 15) is 14.4 Å². The first-order chi connectivity index (χ1) is 14.4. The lowest BCUT2D eigenvalue weighted by Crippen LogP contribution is -2.49. The SMILES string of the molecule is CCN1C[C@@H](C)N(c2ccc(-c3cccc(N4CCC(=O)NC4=O)c3Cl)cc2)C1=O. The van der Waals surface area contributed by atoms with Crippen molar-refractivity contribution < 1.29 is 14.4 Å². The average Bonchev–Trinajstić information content (AvgIpc) is 3.02. The summed E-state index contributed by atoms with van der Waals surface area (Å²) in [5.74, 6) is -0.286. The molecule has 0 aliphatic carbocycles. The molecule has 0 aromatic heterocycles. The molecule has 8 heteroatoms. The fourth-order valence-corrected chi connectivity index (χ4v) is 4.33. The highest BCUT2D eigenvalue weighted by atomic mass is 35.5. The molecule has 30 heavy (non-hydrogen) atoms. The smallest absolute Gasteiger partial charge is 0.323 e. The van der Waals surface area contributed by atoms with Crippen LogP contribution in [0.25, 0.3) is 11.1 Å². The highest BCUT2D eigenvalue weighted by Gasteiger charge is 2.34. The number of hydrogen-bond acceptors (Lipinski definition) is 3. The fourth-order valence-electron chi connectivity index (χ4n) is 4.00. The molecule has 0 spiro atoms. The molecular weight excluding hydrogens is 404 g/mol. The number of carbonyl (C=O) groups is 3. The molecule has 2 aliphatic heterocycles. The van der Waals surface area contributed by atoms with Gasteiger partial charge in [-0.3, -0.25) is 19.9 Å². The van der Waals surface area contributed by atoms with Gasteiger partial charge in [0.15, 0.2) is 0 Å². The second-order valence-corrected chi connectivity index (χ2v) is 7.86. The van der Waals surface area contributed by atoms with Crippen molar-refractivity contribution in [3.05, 3.63) is 47.5 Å². The van der Waals surface area contributed by atoms with Crippen molar-refractivity contribution in [1.82, 2.24) is 10.2 Å². The quantitative estimate of drug-likeness (QED) is 0.799. The number of halogens is 1. The van der Waals surface area contributed by atoms with Gasteiger partial charge >= 0.3 is 12.1 Å². The molecule has 2 saturated heterocycles. The van der Waals surface area contributed by atoms with Gasteiger partial charge in [0.2, 0.25) is 5.91 Å². The third-order valence-electron chi connectivity index (χ3n) is 5.56. The molecular formula is C22H23ClN4O3. The minimum absolute atomic E-state index is 0.0171. The van der Waals surface area contributed by atoms with Crippen molar-refractivity contribution in [1.29, 1.82) is 0 Å². The van der Waals surface area contributed by atoms with Crippen LogP contribution in [0.15, 0.2) is 42.5 Å². The second-order valence-electron chi connectivity index (χ2n) is 7.48. The van der Waals surface area contributed by atoms with Crippen LogP contribution in [0.3, 0.4) is 0 Å². The number of likely N-dealkylation sites (N-methyl/N-ethyl adjacent to an activating group) is 1. The molecule has 2 aromatic carbocycles. The average molecular weight is 427 g/mol. The Morgan fingerprint density at radius 2 is 1.83 bits per heavy atom. The lowest BCUT2D eigenvalue weighted by Gasteiger charge is -2.28. The summed E-state index contributed by atoms with van der Waals surface area (Å²) >= 11 is 6.65. The molecule has 4 rings (SSSR count). The number of carbonyl (C=O) groups excluding carboxylic acids is 3. The summed E-state index contributed by atoms with van der Waals surface area (Å²) in [4.78, 5) is 41.3. The van der Waals surface area contributed by atoms with E-state index in [2.05, 4.69) is 5.32 Å². The van der Waals surface area contributed by atoms with Crippen LogP contribution < -0.4 is 15.1 Å². The standard InChI is InChI=1S/C22H23ClN4O3/c1-3-25-13-14(2)27(22(25)30)16-9-7-15(8-10-16)17-5-4-6-18(20(17)23)26-12-11-19(28)24-21(26)29/h4-10,14H,3,11-13H2,1-2H3,(H,24,28,29)/t14-/m1/s1. The molecule has 0 bridgehead atoms. The van der Waals surface area contributed by atoms with Crippen LogP contribution in [-0.2, 0) is 4.79 Å². The van der Waals surface area contributed by atoms with Crippen LogP contribution in [0.2, 0.25) is 5.02 Å². The van der Waals surface area contributed by atoms with Gasteiger partial charge < -0.3 is 4.90 Å². The van der Waals surface area contributed by atoms with Crippen molar-refractivity contribution in [2.45, 2.75) is 26.3 Å². The summed E-state index contributed by atoms with van der Waals surface area (Å²) in [6.45, 7) is 5.71. The molecule has 5 amide bonds. The van der Waals surface area contributed by atoms with Crippen LogP contribution in [-0.4, -0.2) is 48.5 Å². The zero-order chi connectivity index (χ0) is 21.4. The van der Waals surface area contributed by atoms with E-state index in [4.69, 9.17) is 11.6 Å². The van der Waals surface area contributed by atoms with Crippen molar-refractivity contribution in [3.8, 4) is 11.1 Å². The third-order valence-corrected chi connectivity index (χ3v) is 5.96. The first-order valence-corrected chi connectivity index (χ1v) is 10.4. The fraction of sp³-hybridized carbons (Fsp3) is 0.318. The number of imide groups is 1. The Labute approximate surface area is 180 Å². The van der Waals surface area contributed by atoms with Crippen LogP contribution >= 0.6 is 11.6 Å². The number of nitrogens with one attached hydrogen (secondary N) is 1. The molecule has 2 fully saturated rings. The molecule has 7 nitrogen and oxygen atoms in total. The summed E-state index contributed by atoms with van der Waals surface area (Å²) in [6.07, 6.45) is 0.234. The van der Waals surface area contributed by atoms with Gasteiger partial charge in [-0.1, -0.05) is 35.9 Å². The molecule has 2 aliphatic rings. The molecule has 2 heterocycles. The van der Waals surface area contributed by atoms with Crippen molar-refractivity contribution in [2.75, 3.05) is 29.4 Å². The zero-order valence-corrected chi connectivity index (χ0v) is 17.6. The van der Waals surface area contributed by atoms with E-state index in [-0.39, 0.29) is 30.9 Å². The van der Waals surface area contributed by atoms with Gasteiger partial charge in [-0.15, -0.1) is 0 Å². The maximum absolute atomic E-state index is 12.6. The Kier molecular flexibility index (Phi) is 5.39. The Morgan fingerprint density at radius 1 is 1.10 bits per heavy atom. The van der Waals surface area contributed by atoms with Gasteiger partial charge in [0.05, 0.1) is 16.8 Å². The Hall–Kier alpha value is -3.06. The largest absolute Gasteiger partial charge is 0.328 e. The van der Waals surface area contributed by atoms with Crippen LogP contribution in [0, 0.1) is 0 Å². The van der Waals surface area contributed by atoms with Gasteiger partial charge in [-0.25, -0.2) is 9.59 Å².